The number of aliphatic carboxylic acids is 1. The highest BCUT2D eigenvalue weighted by molar-refractivity contribution is 6.04. The van der Waals surface area contributed by atoms with Crippen molar-refractivity contribution in [3.8, 4) is 0 Å². The standard InChI is InChI=1S/C15H12N2O3/c18-14(19)7-6-11-3-1-4-12(9-11)15(20)17-13-5-2-8-16-10-13/h1-10H,(H,17,20)(H,18,19). The summed E-state index contributed by atoms with van der Waals surface area (Å²) in [6.45, 7) is 0. The number of nitrogens with one attached hydrogen (secondary N) is 1. The summed E-state index contributed by atoms with van der Waals surface area (Å²) in [5.41, 5.74) is 1.69. The summed E-state index contributed by atoms with van der Waals surface area (Å²) in [7, 11) is 0. The molecule has 0 saturated carbocycles. The molecule has 2 aromatic rings. The van der Waals surface area contributed by atoms with E-state index in [4.69, 9.17) is 5.11 Å². The largest absolute Gasteiger partial charge is 0.478 e. The first-order chi connectivity index (χ1) is 9.65. The van der Waals surface area contributed by atoms with Gasteiger partial charge in [0, 0.05) is 17.8 Å². The number of carbonyl (C=O) groups is 2. The number of pyridine rings is 1. The Hall–Kier alpha value is -2.95. The summed E-state index contributed by atoms with van der Waals surface area (Å²) in [5.74, 6) is -1.31. The number of benzene rings is 1. The molecular weight excluding hydrogens is 256 g/mol. The summed E-state index contributed by atoms with van der Waals surface area (Å²) >= 11 is 0. The maximum absolute atomic E-state index is 12.0. The van der Waals surface area contributed by atoms with E-state index in [1.54, 1.807) is 48.8 Å². The van der Waals surface area contributed by atoms with Crippen LogP contribution in [0.4, 0.5) is 5.69 Å². The third-order valence-electron chi connectivity index (χ3n) is 2.49. The Kier molecular flexibility index (Phi) is 4.24. The first-order valence-corrected chi connectivity index (χ1v) is 5.87. The molecule has 0 aliphatic rings. The maximum Gasteiger partial charge on any atom is 0.328 e. The molecule has 1 aromatic carbocycles. The third kappa shape index (κ3) is 3.78. The number of anilines is 1. The van der Waals surface area contributed by atoms with E-state index in [0.29, 0.717) is 16.8 Å². The lowest BCUT2D eigenvalue weighted by Crippen LogP contribution is -2.11. The molecule has 0 radical (unpaired) electrons. The number of nitrogens with zero attached hydrogens (tertiary/aromatic N) is 1. The normalized spacial score (nSPS) is 10.4. The van der Waals surface area contributed by atoms with Gasteiger partial charge in [-0.15, -0.1) is 0 Å². The van der Waals surface area contributed by atoms with Crippen molar-refractivity contribution in [3.05, 3.63) is 66.0 Å². The van der Waals surface area contributed by atoms with Crippen LogP contribution in [0.5, 0.6) is 0 Å². The lowest BCUT2D eigenvalue weighted by atomic mass is 10.1. The highest BCUT2D eigenvalue weighted by Gasteiger charge is 2.06. The molecule has 20 heavy (non-hydrogen) atoms. The van der Waals surface area contributed by atoms with Gasteiger partial charge in [-0.3, -0.25) is 9.78 Å². The van der Waals surface area contributed by atoms with Crippen LogP contribution in [-0.4, -0.2) is 22.0 Å². The number of carboxylic acids is 1. The van der Waals surface area contributed by atoms with E-state index in [1.807, 2.05) is 0 Å². The van der Waals surface area contributed by atoms with Crippen molar-refractivity contribution in [2.24, 2.45) is 0 Å². The van der Waals surface area contributed by atoms with Crippen LogP contribution in [0.1, 0.15) is 15.9 Å². The van der Waals surface area contributed by atoms with Crippen LogP contribution >= 0.6 is 0 Å². The minimum atomic E-state index is -1.03. The Labute approximate surface area is 115 Å². The van der Waals surface area contributed by atoms with E-state index in [2.05, 4.69) is 10.3 Å². The summed E-state index contributed by atoms with van der Waals surface area (Å²) in [6, 6.07) is 10.1. The van der Waals surface area contributed by atoms with Gasteiger partial charge in [0.2, 0.25) is 0 Å². The molecule has 100 valence electrons. The Balaban J connectivity index is 2.14. The molecule has 0 spiro atoms. The predicted octanol–water partition coefficient (Wildman–Crippen LogP) is 2.43. The van der Waals surface area contributed by atoms with E-state index in [1.165, 1.54) is 6.08 Å². The summed E-state index contributed by atoms with van der Waals surface area (Å²) in [5, 5.41) is 11.3. The molecule has 1 heterocycles. The number of carbonyl (C=O) groups excluding carboxylic acids is 1. The highest BCUT2D eigenvalue weighted by atomic mass is 16.4. The quantitative estimate of drug-likeness (QED) is 0.835. The fourth-order valence-electron chi connectivity index (χ4n) is 1.59. The van der Waals surface area contributed by atoms with Crippen molar-refractivity contribution in [2.45, 2.75) is 0 Å². The second-order valence-corrected chi connectivity index (χ2v) is 3.99. The average molecular weight is 268 g/mol. The second kappa shape index (κ2) is 6.29. The summed E-state index contributed by atoms with van der Waals surface area (Å²) in [6.07, 6.45) is 5.63. The molecule has 0 aliphatic heterocycles. The lowest BCUT2D eigenvalue weighted by Gasteiger charge is -2.05. The smallest absolute Gasteiger partial charge is 0.328 e. The van der Waals surface area contributed by atoms with Gasteiger partial charge >= 0.3 is 5.97 Å². The van der Waals surface area contributed by atoms with Crippen LogP contribution in [0.2, 0.25) is 0 Å². The van der Waals surface area contributed by atoms with Crippen LogP contribution in [0.3, 0.4) is 0 Å². The lowest BCUT2D eigenvalue weighted by molar-refractivity contribution is -0.131. The van der Waals surface area contributed by atoms with Crippen molar-refractivity contribution in [1.82, 2.24) is 4.98 Å². The zero-order valence-electron chi connectivity index (χ0n) is 10.5. The van der Waals surface area contributed by atoms with Crippen LogP contribution < -0.4 is 5.32 Å². The van der Waals surface area contributed by atoms with E-state index >= 15 is 0 Å². The molecule has 1 aromatic heterocycles. The van der Waals surface area contributed by atoms with E-state index < -0.39 is 5.97 Å². The summed E-state index contributed by atoms with van der Waals surface area (Å²) < 4.78 is 0. The van der Waals surface area contributed by atoms with Crippen LogP contribution in [0.25, 0.3) is 6.08 Å². The minimum absolute atomic E-state index is 0.274. The molecule has 0 unspecified atom stereocenters. The molecule has 0 atom stereocenters. The second-order valence-electron chi connectivity index (χ2n) is 3.99. The van der Waals surface area contributed by atoms with Gasteiger partial charge in [-0.05, 0) is 35.9 Å². The van der Waals surface area contributed by atoms with Gasteiger partial charge in [0.05, 0.1) is 11.9 Å². The topological polar surface area (TPSA) is 79.3 Å². The predicted molar refractivity (Wildman–Crippen MR) is 75.3 cm³/mol. The minimum Gasteiger partial charge on any atom is -0.478 e. The number of hydrogen-bond acceptors (Lipinski definition) is 3. The third-order valence-corrected chi connectivity index (χ3v) is 2.49. The fourth-order valence-corrected chi connectivity index (χ4v) is 1.59. The maximum atomic E-state index is 12.0. The van der Waals surface area contributed by atoms with Crippen LogP contribution in [0, 0.1) is 0 Å². The van der Waals surface area contributed by atoms with E-state index in [-0.39, 0.29) is 5.91 Å². The van der Waals surface area contributed by atoms with Gasteiger partial charge in [-0.2, -0.15) is 0 Å². The number of aromatic nitrogens is 1. The van der Waals surface area contributed by atoms with Crippen molar-refractivity contribution in [1.29, 1.82) is 0 Å². The summed E-state index contributed by atoms with van der Waals surface area (Å²) in [4.78, 5) is 26.4. The van der Waals surface area contributed by atoms with Gasteiger partial charge < -0.3 is 10.4 Å². The molecule has 5 heteroatoms. The van der Waals surface area contributed by atoms with Gasteiger partial charge in [-0.1, -0.05) is 12.1 Å². The zero-order chi connectivity index (χ0) is 14.4. The van der Waals surface area contributed by atoms with Crippen molar-refractivity contribution < 1.29 is 14.7 Å². The van der Waals surface area contributed by atoms with Gasteiger partial charge in [0.15, 0.2) is 0 Å². The average Bonchev–Trinajstić information content (AvgIpc) is 2.46. The Morgan fingerprint density at radius 1 is 1.20 bits per heavy atom. The number of amides is 1. The molecule has 0 fully saturated rings. The van der Waals surface area contributed by atoms with Crippen molar-refractivity contribution in [2.75, 3.05) is 5.32 Å². The Bertz CT molecular complexity index is 651. The van der Waals surface area contributed by atoms with Crippen molar-refractivity contribution in [3.63, 3.8) is 0 Å². The first-order valence-electron chi connectivity index (χ1n) is 5.87. The van der Waals surface area contributed by atoms with E-state index in [9.17, 15) is 9.59 Å². The molecule has 2 rings (SSSR count). The SMILES string of the molecule is O=C(O)C=Cc1cccc(C(=O)Nc2cccnc2)c1. The highest BCUT2D eigenvalue weighted by Crippen LogP contribution is 2.10. The van der Waals surface area contributed by atoms with Gasteiger partial charge in [-0.25, -0.2) is 4.79 Å². The number of rotatable bonds is 4. The molecule has 1 amide bonds. The number of carboxylic acid groups (broad SMARTS) is 1. The number of hydrogen-bond donors (Lipinski definition) is 2. The van der Waals surface area contributed by atoms with Gasteiger partial charge in [0.1, 0.15) is 0 Å². The Morgan fingerprint density at radius 2 is 2.05 bits per heavy atom. The molecular formula is C15H12N2O3. The zero-order valence-corrected chi connectivity index (χ0v) is 10.5. The van der Waals surface area contributed by atoms with Crippen LogP contribution in [-0.2, 0) is 4.79 Å². The fraction of sp³-hybridized carbons (Fsp3) is 0. The van der Waals surface area contributed by atoms with Crippen molar-refractivity contribution >= 4 is 23.6 Å². The Morgan fingerprint density at radius 3 is 2.75 bits per heavy atom. The first kappa shape index (κ1) is 13.5. The van der Waals surface area contributed by atoms with Gasteiger partial charge in [0.25, 0.3) is 5.91 Å². The molecule has 5 nitrogen and oxygen atoms in total. The van der Waals surface area contributed by atoms with Crippen LogP contribution in [0.15, 0.2) is 54.9 Å². The van der Waals surface area contributed by atoms with E-state index in [0.717, 1.165) is 6.08 Å². The molecule has 0 saturated heterocycles. The molecule has 0 aliphatic carbocycles. The molecule has 2 N–H and O–H groups in total. The molecule has 0 bridgehead atoms. The monoisotopic (exact) mass is 268 g/mol.